The molecule has 3 aromatic rings. The van der Waals surface area contributed by atoms with E-state index in [0.717, 1.165) is 23.4 Å². The summed E-state index contributed by atoms with van der Waals surface area (Å²) in [6.45, 7) is 2.45. The van der Waals surface area contributed by atoms with Crippen LogP contribution in [-0.4, -0.2) is 23.0 Å². The normalized spacial score (nSPS) is 10.3. The molecule has 138 valence electrons. The number of methoxy groups -OCH3 is 1. The topological polar surface area (TPSA) is 76.1 Å². The Morgan fingerprint density at radius 1 is 1.00 bits per heavy atom. The summed E-state index contributed by atoms with van der Waals surface area (Å²) in [4.78, 5) is 20.8. The van der Waals surface area contributed by atoms with Crippen LogP contribution >= 0.6 is 0 Å². The lowest BCUT2D eigenvalue weighted by atomic mass is 10.1. The first-order chi connectivity index (χ1) is 13.2. The van der Waals surface area contributed by atoms with Crippen molar-refractivity contribution in [2.45, 2.75) is 19.9 Å². The Kier molecular flexibility index (Phi) is 5.99. The van der Waals surface area contributed by atoms with Crippen LogP contribution in [0.1, 0.15) is 28.5 Å². The molecule has 0 fully saturated rings. The quantitative estimate of drug-likeness (QED) is 0.670. The highest BCUT2D eigenvalue weighted by Gasteiger charge is 2.10. The lowest BCUT2D eigenvalue weighted by molar-refractivity contribution is 0.0945. The number of carbonyl (C=O) groups excluding carboxylic acids is 1. The molecular weight excluding hydrogens is 340 g/mol. The number of benzene rings is 2. The van der Waals surface area contributed by atoms with Crippen LogP contribution in [0.25, 0.3) is 0 Å². The highest BCUT2D eigenvalue weighted by Crippen LogP contribution is 2.20. The van der Waals surface area contributed by atoms with Crippen LogP contribution in [0.15, 0.2) is 60.9 Å². The molecule has 2 aromatic carbocycles. The minimum absolute atomic E-state index is 0.263. The number of nitrogens with zero attached hydrogens (tertiary/aromatic N) is 2. The Morgan fingerprint density at radius 3 is 2.44 bits per heavy atom. The fourth-order valence-electron chi connectivity index (χ4n) is 2.71. The summed E-state index contributed by atoms with van der Waals surface area (Å²) in [5.41, 5.74) is 3.34. The highest BCUT2D eigenvalue weighted by molar-refractivity contribution is 5.92. The smallest absolute Gasteiger partial charge is 0.271 e. The molecule has 1 aromatic heterocycles. The predicted octanol–water partition coefficient (Wildman–Crippen LogP) is 3.72. The molecule has 0 atom stereocenters. The first-order valence-electron chi connectivity index (χ1n) is 8.78. The van der Waals surface area contributed by atoms with Gasteiger partial charge in [-0.1, -0.05) is 43.3 Å². The van der Waals surface area contributed by atoms with Gasteiger partial charge in [0.2, 0.25) is 0 Å². The van der Waals surface area contributed by atoms with Crippen molar-refractivity contribution in [1.82, 2.24) is 15.3 Å². The van der Waals surface area contributed by atoms with Gasteiger partial charge in [-0.3, -0.25) is 4.79 Å². The first-order valence-corrected chi connectivity index (χ1v) is 8.78. The van der Waals surface area contributed by atoms with Gasteiger partial charge in [-0.25, -0.2) is 9.97 Å². The molecule has 2 N–H and O–H groups in total. The van der Waals surface area contributed by atoms with Crippen LogP contribution < -0.4 is 15.4 Å². The van der Waals surface area contributed by atoms with E-state index in [4.69, 9.17) is 4.74 Å². The Morgan fingerprint density at radius 2 is 1.74 bits per heavy atom. The maximum absolute atomic E-state index is 12.3. The van der Waals surface area contributed by atoms with Gasteiger partial charge in [0.25, 0.3) is 5.91 Å². The number of hydrogen-bond acceptors (Lipinski definition) is 5. The van der Waals surface area contributed by atoms with E-state index in [1.807, 2.05) is 42.5 Å². The van der Waals surface area contributed by atoms with Crippen molar-refractivity contribution < 1.29 is 9.53 Å². The number of nitrogens with one attached hydrogen (secondary N) is 2. The van der Waals surface area contributed by atoms with Gasteiger partial charge in [-0.05, 0) is 24.1 Å². The number of hydrogen-bond donors (Lipinski definition) is 2. The van der Waals surface area contributed by atoms with Gasteiger partial charge in [-0.2, -0.15) is 0 Å². The van der Waals surface area contributed by atoms with Crippen molar-refractivity contribution in [3.8, 4) is 5.75 Å². The molecule has 0 unspecified atom stereocenters. The molecule has 3 rings (SSSR count). The van der Waals surface area contributed by atoms with E-state index >= 15 is 0 Å². The molecule has 1 amide bonds. The zero-order chi connectivity index (χ0) is 19.1. The number of anilines is 2. The number of aromatic nitrogens is 2. The minimum atomic E-state index is -0.283. The lowest BCUT2D eigenvalue weighted by Crippen LogP contribution is -2.24. The molecular formula is C21H22N4O2. The molecule has 27 heavy (non-hydrogen) atoms. The van der Waals surface area contributed by atoms with Crippen molar-refractivity contribution in [3.05, 3.63) is 77.7 Å². The maximum atomic E-state index is 12.3. The zero-order valence-corrected chi connectivity index (χ0v) is 15.4. The van der Waals surface area contributed by atoms with Gasteiger partial charge in [0.05, 0.1) is 19.5 Å². The molecule has 0 saturated carbocycles. The van der Waals surface area contributed by atoms with Crippen molar-refractivity contribution in [2.75, 3.05) is 12.4 Å². The molecule has 0 spiro atoms. The largest absolute Gasteiger partial charge is 0.496 e. The van der Waals surface area contributed by atoms with Gasteiger partial charge >= 0.3 is 0 Å². The van der Waals surface area contributed by atoms with E-state index in [1.54, 1.807) is 13.3 Å². The molecule has 6 nitrogen and oxygen atoms in total. The molecule has 1 heterocycles. The molecule has 0 aliphatic carbocycles. The van der Waals surface area contributed by atoms with E-state index in [0.29, 0.717) is 12.4 Å². The van der Waals surface area contributed by atoms with Crippen molar-refractivity contribution in [3.63, 3.8) is 0 Å². The summed E-state index contributed by atoms with van der Waals surface area (Å²) in [7, 11) is 1.61. The van der Waals surface area contributed by atoms with Crippen molar-refractivity contribution in [2.24, 2.45) is 0 Å². The number of para-hydroxylation sites is 2. The molecule has 0 radical (unpaired) electrons. The van der Waals surface area contributed by atoms with E-state index in [2.05, 4.69) is 33.6 Å². The summed E-state index contributed by atoms with van der Waals surface area (Å²) >= 11 is 0. The average molecular weight is 362 g/mol. The molecule has 0 aliphatic heterocycles. The van der Waals surface area contributed by atoms with E-state index < -0.39 is 0 Å². The minimum Gasteiger partial charge on any atom is -0.496 e. The maximum Gasteiger partial charge on any atom is 0.271 e. The summed E-state index contributed by atoms with van der Waals surface area (Å²) in [6, 6.07) is 15.6. The zero-order valence-electron chi connectivity index (χ0n) is 15.4. The van der Waals surface area contributed by atoms with Crippen LogP contribution in [0, 0.1) is 0 Å². The number of carbonyl (C=O) groups is 1. The second-order valence-electron chi connectivity index (χ2n) is 5.92. The Labute approximate surface area is 158 Å². The van der Waals surface area contributed by atoms with Gasteiger partial charge in [0.1, 0.15) is 17.3 Å². The van der Waals surface area contributed by atoms with E-state index in [-0.39, 0.29) is 11.6 Å². The fourth-order valence-corrected chi connectivity index (χ4v) is 2.71. The standard InChI is InChI=1S/C21H22N4O2/c1-3-15-8-4-6-10-17(15)25-20-14-22-18(13-23-20)21(26)24-12-16-9-5-7-11-19(16)27-2/h4-11,13-14H,3,12H2,1-2H3,(H,23,25)(H,24,26). The van der Waals surface area contributed by atoms with Crippen LogP contribution in [0.3, 0.4) is 0 Å². The number of ether oxygens (including phenoxy) is 1. The second-order valence-corrected chi connectivity index (χ2v) is 5.92. The van der Waals surface area contributed by atoms with Gasteiger partial charge in [-0.15, -0.1) is 0 Å². The Hall–Kier alpha value is -3.41. The number of aryl methyl sites for hydroxylation is 1. The van der Waals surface area contributed by atoms with Crippen LogP contribution in [-0.2, 0) is 13.0 Å². The monoisotopic (exact) mass is 362 g/mol. The number of rotatable bonds is 7. The SMILES string of the molecule is CCc1ccccc1Nc1cnc(C(=O)NCc2ccccc2OC)cn1. The summed E-state index contributed by atoms with van der Waals surface area (Å²) in [5.74, 6) is 1.05. The Balaban J connectivity index is 1.63. The van der Waals surface area contributed by atoms with Crippen molar-refractivity contribution in [1.29, 1.82) is 0 Å². The third-order valence-electron chi connectivity index (χ3n) is 4.18. The second kappa shape index (κ2) is 8.80. The van der Waals surface area contributed by atoms with Gasteiger partial charge in [0.15, 0.2) is 0 Å². The third kappa shape index (κ3) is 4.61. The summed E-state index contributed by atoms with van der Waals surface area (Å²) in [5, 5.41) is 6.08. The first kappa shape index (κ1) is 18.4. The Bertz CT molecular complexity index is 910. The average Bonchev–Trinajstić information content (AvgIpc) is 2.73. The van der Waals surface area contributed by atoms with Gasteiger partial charge < -0.3 is 15.4 Å². The lowest BCUT2D eigenvalue weighted by Gasteiger charge is -2.11. The third-order valence-corrected chi connectivity index (χ3v) is 4.18. The van der Waals surface area contributed by atoms with Crippen LogP contribution in [0.5, 0.6) is 5.75 Å². The van der Waals surface area contributed by atoms with E-state index in [1.165, 1.54) is 11.8 Å². The molecule has 0 bridgehead atoms. The van der Waals surface area contributed by atoms with Crippen LogP contribution in [0.2, 0.25) is 0 Å². The predicted molar refractivity (Wildman–Crippen MR) is 105 cm³/mol. The van der Waals surface area contributed by atoms with Crippen molar-refractivity contribution >= 4 is 17.4 Å². The van der Waals surface area contributed by atoms with Crippen LogP contribution in [0.4, 0.5) is 11.5 Å². The van der Waals surface area contributed by atoms with E-state index in [9.17, 15) is 4.79 Å². The highest BCUT2D eigenvalue weighted by atomic mass is 16.5. The fraction of sp³-hybridized carbons (Fsp3) is 0.190. The molecule has 6 heteroatoms. The van der Waals surface area contributed by atoms with Gasteiger partial charge in [0, 0.05) is 17.8 Å². The summed E-state index contributed by atoms with van der Waals surface area (Å²) < 4.78 is 5.29. The number of amides is 1. The summed E-state index contributed by atoms with van der Waals surface area (Å²) in [6.07, 6.45) is 3.94. The molecule has 0 aliphatic rings. The molecule has 0 saturated heterocycles.